The third-order valence-corrected chi connectivity index (χ3v) is 16.0. The first-order valence-electron chi connectivity index (χ1n) is 31.4. The van der Waals surface area contributed by atoms with Crippen molar-refractivity contribution in [3.05, 3.63) is 12.2 Å². The molecule has 12 N–H and O–H groups in total. The zero-order valence-corrected chi connectivity index (χ0v) is 49.2. The summed E-state index contributed by atoms with van der Waals surface area (Å²) in [4.78, 5) is 25.3. The minimum absolute atomic E-state index is 0.245. The van der Waals surface area contributed by atoms with Crippen molar-refractivity contribution in [1.29, 1.82) is 0 Å². The average Bonchev–Trinajstić information content (AvgIpc) is 3.56. The van der Waals surface area contributed by atoms with E-state index in [9.17, 15) is 60.7 Å². The van der Waals surface area contributed by atoms with Crippen molar-refractivity contribution in [3.63, 3.8) is 0 Å². The topological polar surface area (TPSA) is 316 Å². The van der Waals surface area contributed by atoms with Gasteiger partial charge in [0.25, 0.3) is 0 Å². The van der Waals surface area contributed by atoms with Gasteiger partial charge in [0, 0.05) is 13.3 Å². The maximum absolute atomic E-state index is 13.3. The summed E-state index contributed by atoms with van der Waals surface area (Å²) < 4.78 is 34.9. The van der Waals surface area contributed by atoms with Gasteiger partial charge in [-0.2, -0.15) is 0 Å². The molecule has 0 saturated carbocycles. The number of carbonyl (C=O) groups is 2. The molecule has 0 aromatic carbocycles. The van der Waals surface area contributed by atoms with Crippen LogP contribution < -0.4 is 10.6 Å². The first-order chi connectivity index (χ1) is 38.7. The summed E-state index contributed by atoms with van der Waals surface area (Å²) in [6.45, 7) is 2.84. The highest BCUT2D eigenvalue weighted by molar-refractivity contribution is 5.76. The van der Waals surface area contributed by atoms with Crippen molar-refractivity contribution >= 4 is 11.8 Å². The van der Waals surface area contributed by atoms with Crippen LogP contribution in [0, 0.1) is 0 Å². The van der Waals surface area contributed by atoms with Crippen LogP contribution in [0.15, 0.2) is 12.2 Å². The van der Waals surface area contributed by atoms with Gasteiger partial charge >= 0.3 is 0 Å². The Morgan fingerprint density at radius 2 is 0.875 bits per heavy atom. The fourth-order valence-electron chi connectivity index (χ4n) is 11.0. The Kier molecular flexibility index (Phi) is 39.4. The second-order valence-electron chi connectivity index (χ2n) is 22.9. The fraction of sp³-hybridized carbons (Fsp3) is 0.933. The van der Waals surface area contributed by atoms with Gasteiger partial charge in [-0.15, -0.1) is 0 Å². The molecule has 470 valence electrons. The number of nitrogens with one attached hydrogen (secondary N) is 2. The van der Waals surface area contributed by atoms with Crippen molar-refractivity contribution < 1.29 is 89.1 Å². The molecule has 0 bridgehead atoms. The number of carbonyl (C=O) groups excluding carboxylic acids is 2. The Balaban J connectivity index is 1.52. The van der Waals surface area contributed by atoms with Crippen molar-refractivity contribution in [2.45, 2.75) is 330 Å². The summed E-state index contributed by atoms with van der Waals surface area (Å²) in [6, 6.07) is -2.40. The minimum Gasteiger partial charge on any atom is -0.394 e. The quantitative estimate of drug-likeness (QED) is 0.0264. The van der Waals surface area contributed by atoms with Crippen LogP contribution >= 0.6 is 0 Å². The molecule has 0 spiro atoms. The third-order valence-electron chi connectivity index (χ3n) is 16.0. The lowest BCUT2D eigenvalue weighted by Crippen LogP contribution is -2.68. The number of ether oxygens (including phenoxy) is 6. The van der Waals surface area contributed by atoms with Gasteiger partial charge in [-0.05, 0) is 19.3 Å². The number of aliphatic hydroxyl groups excluding tert-OH is 10. The van der Waals surface area contributed by atoms with Crippen LogP contribution in [0.5, 0.6) is 0 Å². The number of hydrogen-bond acceptors (Lipinski definition) is 18. The summed E-state index contributed by atoms with van der Waals surface area (Å²) in [5.74, 6) is -0.922. The zero-order chi connectivity index (χ0) is 58.5. The van der Waals surface area contributed by atoms with Gasteiger partial charge in [-0.25, -0.2) is 0 Å². The SMILES string of the molecule is CCCCCCCCCCCCCC=C[C@@H](O)[C@H](CO[C@@H]1O[C@H](CO)[C@@H](O[C@@H]2O[C@H](CO)[C@H](O[C@@H]3O[C@H](CO)[C@H](O)[C@H](O)[C@H]3NC(C)=O)[C@H](O)[C@H]2O)[C@H](O)C1O)NC(=O)CCCCCCCCCCCCCCCCCCCCC. The first-order valence-corrected chi connectivity index (χ1v) is 31.4. The van der Waals surface area contributed by atoms with E-state index in [0.29, 0.717) is 6.42 Å². The van der Waals surface area contributed by atoms with Crippen molar-refractivity contribution in [3.8, 4) is 0 Å². The molecule has 20 nitrogen and oxygen atoms in total. The zero-order valence-electron chi connectivity index (χ0n) is 49.2. The van der Waals surface area contributed by atoms with E-state index in [0.717, 1.165) is 51.9 Å². The van der Waals surface area contributed by atoms with Crippen LogP contribution in [-0.4, -0.2) is 194 Å². The molecule has 0 aromatic heterocycles. The number of rotatable bonds is 46. The summed E-state index contributed by atoms with van der Waals surface area (Å²) >= 11 is 0. The van der Waals surface area contributed by atoms with E-state index in [1.165, 1.54) is 148 Å². The van der Waals surface area contributed by atoms with E-state index in [2.05, 4.69) is 24.5 Å². The van der Waals surface area contributed by atoms with Gasteiger partial charge in [0.05, 0.1) is 38.6 Å². The Morgan fingerprint density at radius 1 is 0.487 bits per heavy atom. The summed E-state index contributed by atoms with van der Waals surface area (Å²) in [5.41, 5.74) is 0. The Morgan fingerprint density at radius 3 is 1.31 bits per heavy atom. The van der Waals surface area contributed by atoms with E-state index < -0.39 is 130 Å². The molecule has 80 heavy (non-hydrogen) atoms. The van der Waals surface area contributed by atoms with Gasteiger partial charge in [-0.1, -0.05) is 206 Å². The lowest BCUT2D eigenvalue weighted by atomic mass is 9.95. The van der Waals surface area contributed by atoms with E-state index in [-0.39, 0.29) is 18.9 Å². The van der Waals surface area contributed by atoms with Crippen LogP contribution in [0.1, 0.15) is 226 Å². The minimum atomic E-state index is -1.99. The molecule has 3 heterocycles. The van der Waals surface area contributed by atoms with Crippen LogP contribution in [0.3, 0.4) is 0 Å². The van der Waals surface area contributed by atoms with Gasteiger partial charge in [0.1, 0.15) is 73.2 Å². The summed E-state index contributed by atoms with van der Waals surface area (Å²) in [7, 11) is 0. The monoisotopic (exact) mass is 1150 g/mol. The smallest absolute Gasteiger partial charge is 0.220 e. The number of amides is 2. The molecule has 3 aliphatic heterocycles. The molecule has 17 atom stereocenters. The van der Waals surface area contributed by atoms with Crippen LogP contribution in [0.4, 0.5) is 0 Å². The molecule has 20 heteroatoms. The van der Waals surface area contributed by atoms with Crippen molar-refractivity contribution in [2.75, 3.05) is 26.4 Å². The van der Waals surface area contributed by atoms with Gasteiger partial charge in [0.15, 0.2) is 18.9 Å². The molecule has 0 aliphatic carbocycles. The van der Waals surface area contributed by atoms with E-state index >= 15 is 0 Å². The number of aliphatic hydroxyl groups is 10. The lowest BCUT2D eigenvalue weighted by molar-refractivity contribution is -0.374. The maximum Gasteiger partial charge on any atom is 0.220 e. The molecule has 3 fully saturated rings. The normalized spacial score (nSPS) is 29.9. The fourth-order valence-corrected chi connectivity index (χ4v) is 11.0. The molecular formula is C60H112N2O18. The maximum atomic E-state index is 13.3. The van der Waals surface area contributed by atoms with E-state index in [4.69, 9.17) is 28.4 Å². The highest BCUT2D eigenvalue weighted by Crippen LogP contribution is 2.33. The molecule has 3 rings (SSSR count). The van der Waals surface area contributed by atoms with Crippen LogP contribution in [-0.2, 0) is 38.0 Å². The van der Waals surface area contributed by atoms with Gasteiger partial charge in [-0.3, -0.25) is 9.59 Å². The second-order valence-corrected chi connectivity index (χ2v) is 22.9. The standard InChI is InChI=1S/C60H112N2O18/c1-4-6-8-10-12-14-16-18-19-20-21-22-23-25-27-29-31-33-35-37-48(68)62-43(44(67)36-34-32-30-28-26-24-17-15-13-11-9-7-5-2)41-75-59-54(73)52(71)57(46(39-64)77-59)80-60-55(74)53(72)56(47(40-65)78-60)79-58-49(61-42(3)66)51(70)50(69)45(38-63)76-58/h34,36,43-47,49-60,63-65,67,69-74H,4-33,35,37-41H2,1-3H3,(H,61,66)(H,62,68)/t43-,44+,45+,46+,47+,49+,50-,51+,52+,53+,54?,55+,56-,57+,58-,59+,60-/m0/s1. The molecular weight excluding hydrogens is 1040 g/mol. The van der Waals surface area contributed by atoms with E-state index in [1.807, 2.05) is 6.08 Å². The molecule has 3 aliphatic rings. The van der Waals surface area contributed by atoms with Crippen molar-refractivity contribution in [2.24, 2.45) is 0 Å². The molecule has 3 saturated heterocycles. The van der Waals surface area contributed by atoms with Crippen molar-refractivity contribution in [1.82, 2.24) is 10.6 Å². The molecule has 2 amide bonds. The predicted octanol–water partition coefficient (Wildman–Crippen LogP) is 5.52. The van der Waals surface area contributed by atoms with Crippen LogP contribution in [0.2, 0.25) is 0 Å². The van der Waals surface area contributed by atoms with Crippen LogP contribution in [0.25, 0.3) is 0 Å². The molecule has 0 aromatic rings. The first kappa shape index (κ1) is 72.3. The van der Waals surface area contributed by atoms with Gasteiger partial charge in [0.2, 0.25) is 11.8 Å². The summed E-state index contributed by atoms with van der Waals surface area (Å²) in [5, 5.41) is 114. The average molecular weight is 1150 g/mol. The molecule has 1 unspecified atom stereocenters. The van der Waals surface area contributed by atoms with E-state index in [1.54, 1.807) is 6.08 Å². The molecule has 0 radical (unpaired) electrons. The third kappa shape index (κ3) is 27.4. The largest absolute Gasteiger partial charge is 0.394 e. The second kappa shape index (κ2) is 43.6. The number of allylic oxidation sites excluding steroid dienone is 1. The number of unbranched alkanes of at least 4 members (excludes halogenated alkanes) is 29. The Bertz CT molecular complexity index is 1580. The highest BCUT2D eigenvalue weighted by Gasteiger charge is 2.54. The summed E-state index contributed by atoms with van der Waals surface area (Å²) in [6.07, 6.45) is 16.7. The number of hydrogen-bond donors (Lipinski definition) is 12. The predicted molar refractivity (Wildman–Crippen MR) is 303 cm³/mol. The highest BCUT2D eigenvalue weighted by atomic mass is 16.8. The lowest BCUT2D eigenvalue weighted by Gasteiger charge is -2.48. The van der Waals surface area contributed by atoms with Gasteiger partial charge < -0.3 is 90.1 Å². The Hall–Kier alpha value is -1.96. The Labute approximate surface area is 479 Å².